The lowest BCUT2D eigenvalue weighted by Gasteiger charge is -2.27. The Bertz CT molecular complexity index is 237. The molecule has 5 nitrogen and oxygen atoms in total. The molecule has 1 aliphatic rings. The van der Waals surface area contributed by atoms with Crippen molar-refractivity contribution in [1.29, 1.82) is 0 Å². The summed E-state index contributed by atoms with van der Waals surface area (Å²) in [5, 5.41) is 19.3. The van der Waals surface area contributed by atoms with Crippen molar-refractivity contribution in [3.63, 3.8) is 0 Å². The Morgan fingerprint density at radius 2 is 1.85 bits per heavy atom. The molecule has 1 unspecified atom stereocenters. The zero-order chi connectivity index (χ0) is 9.90. The number of aliphatic hydroxyl groups excluding tert-OH is 1. The number of rotatable bonds is 3. The molecule has 1 N–H and O–H groups in total. The fraction of sp³-hybridized carbons (Fsp3) is 1.00. The second kappa shape index (κ2) is 4.36. The van der Waals surface area contributed by atoms with E-state index in [9.17, 15) is 13.5 Å². The molecule has 0 aromatic heterocycles. The van der Waals surface area contributed by atoms with E-state index in [0.29, 0.717) is 19.6 Å². The van der Waals surface area contributed by atoms with Gasteiger partial charge in [0.1, 0.15) is 6.61 Å². The van der Waals surface area contributed by atoms with Crippen LogP contribution >= 0.6 is 0 Å². The molecule has 0 aromatic carbocycles. The Kier molecular flexibility index (Phi) is 3.66. The third kappa shape index (κ3) is 3.60. The number of nitrogens with zero attached hydrogens (tertiary/aromatic N) is 1. The van der Waals surface area contributed by atoms with Crippen LogP contribution in [0.3, 0.4) is 0 Å². The van der Waals surface area contributed by atoms with Crippen LogP contribution in [0, 0.1) is 0 Å². The van der Waals surface area contributed by atoms with Crippen LogP contribution in [0.5, 0.6) is 0 Å². The fourth-order valence-corrected chi connectivity index (χ4v) is 2.56. The van der Waals surface area contributed by atoms with Gasteiger partial charge in [-0.25, -0.2) is 13.5 Å². The van der Waals surface area contributed by atoms with Gasteiger partial charge in [0.15, 0.2) is 9.84 Å². The van der Waals surface area contributed by atoms with Gasteiger partial charge < -0.3 is 5.11 Å². The van der Waals surface area contributed by atoms with Crippen molar-refractivity contribution in [2.24, 2.45) is 0 Å². The van der Waals surface area contributed by atoms with Crippen molar-refractivity contribution in [2.45, 2.75) is 6.10 Å². The maximum Gasteiger partial charge on any atom is 0.152 e. The van der Waals surface area contributed by atoms with Gasteiger partial charge in [-0.15, -0.1) is 0 Å². The molecule has 13 heavy (non-hydrogen) atoms. The van der Waals surface area contributed by atoms with Gasteiger partial charge in [-0.2, -0.15) is 0 Å². The van der Waals surface area contributed by atoms with Crippen LogP contribution in [0.2, 0.25) is 0 Å². The van der Waals surface area contributed by atoms with E-state index < -0.39 is 22.5 Å². The number of aliphatic hydroxyl groups is 1. The van der Waals surface area contributed by atoms with Gasteiger partial charge in [-0.1, -0.05) is 0 Å². The minimum atomic E-state index is -2.86. The lowest BCUT2D eigenvalue weighted by Crippen LogP contribution is -2.44. The highest BCUT2D eigenvalue weighted by Crippen LogP contribution is 2.03. The van der Waals surface area contributed by atoms with E-state index >= 15 is 0 Å². The van der Waals surface area contributed by atoms with Crippen molar-refractivity contribution in [2.75, 3.05) is 37.7 Å². The first-order valence-corrected chi connectivity index (χ1v) is 6.04. The summed E-state index contributed by atoms with van der Waals surface area (Å²) in [5.74, 6) is 0.275. The number of hydrogen-bond acceptors (Lipinski definition) is 4. The van der Waals surface area contributed by atoms with Crippen molar-refractivity contribution in [3.8, 4) is 0 Å². The maximum absolute atomic E-state index is 11.0. The molecule has 1 atom stereocenters. The van der Waals surface area contributed by atoms with E-state index in [0.717, 1.165) is 0 Å². The Morgan fingerprint density at radius 3 is 2.31 bits per heavy atom. The molecule has 0 bridgehead atoms. The molecule has 1 radical (unpaired) electrons. The molecule has 1 rings (SSSR count). The number of sulfone groups is 1. The third-order valence-corrected chi connectivity index (χ3v) is 3.71. The van der Waals surface area contributed by atoms with Gasteiger partial charge in [0.05, 0.1) is 17.6 Å². The number of β-amino-alcohol motifs (C(OH)–C–C–N with tert-alkyl or cyclic N) is 1. The van der Waals surface area contributed by atoms with E-state index in [1.807, 2.05) is 4.90 Å². The molecule has 1 fully saturated rings. The summed E-state index contributed by atoms with van der Waals surface area (Å²) in [4.78, 5) is 1.81. The topological polar surface area (TPSA) is 77.5 Å². The summed E-state index contributed by atoms with van der Waals surface area (Å²) in [5.41, 5.74) is 0. The molecule has 1 saturated heterocycles. The molecule has 0 aliphatic carbocycles. The summed E-state index contributed by atoms with van der Waals surface area (Å²) < 4.78 is 22.0. The SMILES string of the molecule is [O]CC(O)CN1CCS(=O)(=O)CC1. The van der Waals surface area contributed by atoms with E-state index in [2.05, 4.69) is 0 Å². The van der Waals surface area contributed by atoms with E-state index in [1.165, 1.54) is 0 Å². The van der Waals surface area contributed by atoms with Crippen LogP contribution in [-0.2, 0) is 14.9 Å². The molecule has 0 saturated carbocycles. The first-order chi connectivity index (χ1) is 6.03. The first kappa shape index (κ1) is 10.9. The number of hydrogen-bond donors (Lipinski definition) is 1. The van der Waals surface area contributed by atoms with Crippen molar-refractivity contribution < 1.29 is 18.6 Å². The molecular weight excluding hydrogens is 194 g/mol. The lowest BCUT2D eigenvalue weighted by atomic mass is 10.3. The minimum Gasteiger partial charge on any atom is -0.389 e. The highest BCUT2D eigenvalue weighted by molar-refractivity contribution is 7.91. The maximum atomic E-state index is 11.0. The highest BCUT2D eigenvalue weighted by atomic mass is 32.2. The zero-order valence-corrected chi connectivity index (χ0v) is 8.16. The summed E-state index contributed by atoms with van der Waals surface area (Å²) in [7, 11) is -2.86. The zero-order valence-electron chi connectivity index (χ0n) is 7.35. The summed E-state index contributed by atoms with van der Waals surface area (Å²) in [6.45, 7) is 0.626. The average Bonchev–Trinajstić information content (AvgIpc) is 2.08. The van der Waals surface area contributed by atoms with Gasteiger partial charge in [-0.3, -0.25) is 4.90 Å². The van der Waals surface area contributed by atoms with Crippen molar-refractivity contribution in [3.05, 3.63) is 0 Å². The summed E-state index contributed by atoms with van der Waals surface area (Å²) in [6.07, 6.45) is -0.874. The van der Waals surface area contributed by atoms with Crippen LogP contribution < -0.4 is 0 Å². The van der Waals surface area contributed by atoms with Gasteiger partial charge in [-0.05, 0) is 0 Å². The van der Waals surface area contributed by atoms with Crippen LogP contribution in [0.4, 0.5) is 0 Å². The Balaban J connectivity index is 2.33. The van der Waals surface area contributed by atoms with Gasteiger partial charge in [0.2, 0.25) is 0 Å². The normalized spacial score (nSPS) is 25.7. The van der Waals surface area contributed by atoms with Crippen molar-refractivity contribution in [1.82, 2.24) is 4.90 Å². The molecular formula is C7H14NO4S. The molecule has 6 heteroatoms. The lowest BCUT2D eigenvalue weighted by molar-refractivity contribution is 0.0315. The second-order valence-electron chi connectivity index (χ2n) is 3.27. The minimum absolute atomic E-state index is 0.137. The monoisotopic (exact) mass is 208 g/mol. The molecule has 0 spiro atoms. The molecule has 1 aliphatic heterocycles. The quantitative estimate of drug-likeness (QED) is 0.613. The van der Waals surface area contributed by atoms with Crippen molar-refractivity contribution >= 4 is 9.84 Å². The van der Waals surface area contributed by atoms with Crippen LogP contribution in [0.25, 0.3) is 0 Å². The third-order valence-electron chi connectivity index (χ3n) is 2.10. The van der Waals surface area contributed by atoms with E-state index in [1.54, 1.807) is 0 Å². The Labute approximate surface area is 77.9 Å². The molecule has 0 aromatic rings. The largest absolute Gasteiger partial charge is 0.389 e. The first-order valence-electron chi connectivity index (χ1n) is 4.22. The fourth-order valence-electron chi connectivity index (χ4n) is 1.28. The highest BCUT2D eigenvalue weighted by Gasteiger charge is 2.22. The molecule has 0 amide bonds. The summed E-state index contributed by atoms with van der Waals surface area (Å²) in [6, 6.07) is 0. The Hall–Kier alpha value is -0.170. The van der Waals surface area contributed by atoms with Crippen LogP contribution in [0.15, 0.2) is 0 Å². The van der Waals surface area contributed by atoms with Gasteiger partial charge in [0, 0.05) is 19.6 Å². The van der Waals surface area contributed by atoms with E-state index in [4.69, 9.17) is 5.11 Å². The van der Waals surface area contributed by atoms with E-state index in [-0.39, 0.29) is 11.5 Å². The van der Waals surface area contributed by atoms with Crippen LogP contribution in [-0.4, -0.2) is 62.3 Å². The smallest absolute Gasteiger partial charge is 0.152 e. The van der Waals surface area contributed by atoms with Gasteiger partial charge >= 0.3 is 0 Å². The predicted molar refractivity (Wildman–Crippen MR) is 46.7 cm³/mol. The average molecular weight is 208 g/mol. The Morgan fingerprint density at radius 1 is 1.31 bits per heavy atom. The second-order valence-corrected chi connectivity index (χ2v) is 5.58. The standard InChI is InChI=1S/C7H14NO4S/c9-6-7(10)5-8-1-3-13(11,12)4-2-8/h7,10H,1-6H2. The summed E-state index contributed by atoms with van der Waals surface area (Å²) >= 11 is 0. The van der Waals surface area contributed by atoms with Crippen LogP contribution in [0.1, 0.15) is 0 Å². The molecule has 1 heterocycles. The molecule has 77 valence electrons. The predicted octanol–water partition coefficient (Wildman–Crippen LogP) is -1.49. The van der Waals surface area contributed by atoms with Gasteiger partial charge in [0.25, 0.3) is 0 Å².